The van der Waals surface area contributed by atoms with Crippen molar-refractivity contribution in [3.05, 3.63) is 70.7 Å². The summed E-state index contributed by atoms with van der Waals surface area (Å²) in [7, 11) is 3.36. The molecule has 0 spiro atoms. The van der Waals surface area contributed by atoms with Crippen LogP contribution in [-0.2, 0) is 14.2 Å². The van der Waals surface area contributed by atoms with Crippen LogP contribution >= 0.6 is 0 Å². The summed E-state index contributed by atoms with van der Waals surface area (Å²) in [5, 5.41) is 13.3. The fraction of sp³-hybridized carbons (Fsp3) is 0.407. The van der Waals surface area contributed by atoms with Gasteiger partial charge in [-0.05, 0) is 53.5 Å². The molecule has 0 radical (unpaired) electrons. The van der Waals surface area contributed by atoms with Gasteiger partial charge in [-0.2, -0.15) is 5.26 Å². The fourth-order valence-electron chi connectivity index (χ4n) is 4.87. The number of nitrogens with zero attached hydrogens (tertiary/aromatic N) is 2. The first-order chi connectivity index (χ1) is 16.7. The monoisotopic (exact) mass is 459 g/mol. The summed E-state index contributed by atoms with van der Waals surface area (Å²) in [6.45, 7) is 1.40. The minimum atomic E-state index is -0.0841. The number of allylic oxidation sites excluding steroid dienone is 2. The highest BCUT2D eigenvalue weighted by Gasteiger charge is 2.33. The van der Waals surface area contributed by atoms with E-state index in [9.17, 15) is 5.26 Å². The second kappa shape index (κ2) is 9.88. The number of nitriles is 1. The first-order valence-electron chi connectivity index (χ1n) is 11.7. The highest BCUT2D eigenvalue weighted by Crippen LogP contribution is 2.38. The molecule has 7 nitrogen and oxygen atoms in total. The molecule has 3 atom stereocenters. The molecule has 1 aromatic rings. The molecule has 176 valence electrons. The van der Waals surface area contributed by atoms with Crippen molar-refractivity contribution in [3.63, 3.8) is 0 Å². The summed E-state index contributed by atoms with van der Waals surface area (Å²) >= 11 is 0. The van der Waals surface area contributed by atoms with Gasteiger partial charge < -0.3 is 24.3 Å². The highest BCUT2D eigenvalue weighted by atomic mass is 16.5. The van der Waals surface area contributed by atoms with E-state index in [-0.39, 0.29) is 24.3 Å². The molecule has 1 N–H and O–H groups in total. The molecule has 0 aromatic heterocycles. The lowest BCUT2D eigenvalue weighted by molar-refractivity contribution is 0.0254. The third-order valence-electron chi connectivity index (χ3n) is 6.74. The summed E-state index contributed by atoms with van der Waals surface area (Å²) in [6.07, 6.45) is 12.7. The normalized spacial score (nSPS) is 26.3. The van der Waals surface area contributed by atoms with Crippen LogP contribution in [0.2, 0.25) is 0 Å². The van der Waals surface area contributed by atoms with Crippen molar-refractivity contribution >= 4 is 11.8 Å². The molecule has 1 fully saturated rings. The number of benzene rings is 1. The third kappa shape index (κ3) is 4.39. The van der Waals surface area contributed by atoms with Crippen molar-refractivity contribution in [1.82, 2.24) is 5.32 Å². The van der Waals surface area contributed by atoms with E-state index in [4.69, 9.17) is 18.9 Å². The minimum absolute atomic E-state index is 0.0576. The number of aliphatic imine (C=N–C) groups is 1. The molecule has 3 aliphatic heterocycles. The number of hydrogen-bond donors (Lipinski definition) is 1. The predicted octanol–water partition coefficient (Wildman–Crippen LogP) is 3.89. The molecule has 4 aliphatic rings. The Labute approximate surface area is 200 Å². The Morgan fingerprint density at radius 3 is 2.82 bits per heavy atom. The van der Waals surface area contributed by atoms with Crippen LogP contribution in [0.4, 0.5) is 0 Å². The Hall–Kier alpha value is -3.34. The number of nitrogens with one attached hydrogen (secondary N) is 1. The van der Waals surface area contributed by atoms with E-state index in [1.807, 2.05) is 36.6 Å². The molecule has 1 aromatic carbocycles. The van der Waals surface area contributed by atoms with Crippen molar-refractivity contribution < 1.29 is 18.9 Å². The third-order valence-corrected chi connectivity index (χ3v) is 6.74. The van der Waals surface area contributed by atoms with Crippen molar-refractivity contribution in [1.29, 1.82) is 5.26 Å². The summed E-state index contributed by atoms with van der Waals surface area (Å²) in [5.41, 5.74) is 4.78. The molecule has 34 heavy (non-hydrogen) atoms. The van der Waals surface area contributed by atoms with Crippen LogP contribution in [-0.4, -0.2) is 52.0 Å². The molecule has 0 saturated carbocycles. The number of fused-ring (bicyclic) bond motifs is 1. The molecule has 3 unspecified atom stereocenters. The molecule has 1 aliphatic carbocycles. The van der Waals surface area contributed by atoms with Gasteiger partial charge in [0.15, 0.2) is 0 Å². The SMILES string of the molecule is COC1=CC(C2=CC3C(c4ccc(OC5CCOCC5)c(C#N)c4)=CC=NC3N2)=CCC1OC. The second-order valence-electron chi connectivity index (χ2n) is 8.74. The second-order valence-corrected chi connectivity index (χ2v) is 8.74. The van der Waals surface area contributed by atoms with Gasteiger partial charge in [0, 0.05) is 37.8 Å². The smallest absolute Gasteiger partial charge is 0.137 e. The van der Waals surface area contributed by atoms with E-state index in [1.165, 1.54) is 0 Å². The van der Waals surface area contributed by atoms with Crippen LogP contribution in [0, 0.1) is 17.2 Å². The zero-order chi connectivity index (χ0) is 23.5. The molecule has 7 heteroatoms. The van der Waals surface area contributed by atoms with Gasteiger partial charge in [0.25, 0.3) is 0 Å². The predicted molar refractivity (Wildman–Crippen MR) is 129 cm³/mol. The number of methoxy groups -OCH3 is 2. The molecule has 1 saturated heterocycles. The fourth-order valence-corrected chi connectivity index (χ4v) is 4.87. The van der Waals surface area contributed by atoms with Crippen LogP contribution in [0.15, 0.2) is 64.5 Å². The van der Waals surface area contributed by atoms with Gasteiger partial charge >= 0.3 is 0 Å². The van der Waals surface area contributed by atoms with Crippen molar-refractivity contribution in [3.8, 4) is 11.8 Å². The average molecular weight is 460 g/mol. The summed E-state index contributed by atoms with van der Waals surface area (Å²) in [4.78, 5) is 4.65. The molecular formula is C27H29N3O4. The van der Waals surface area contributed by atoms with Gasteiger partial charge in [-0.25, -0.2) is 0 Å². The Kier molecular flexibility index (Phi) is 6.52. The molecule has 0 amide bonds. The van der Waals surface area contributed by atoms with Gasteiger partial charge in [-0.15, -0.1) is 0 Å². The lowest BCUT2D eigenvalue weighted by Crippen LogP contribution is -2.30. The standard InChI is InChI=1S/C27H29N3O4/c1-31-25-6-4-18(14-26(25)32-2)23-15-22-21(7-10-29-27(22)30-23)17-3-5-24(19(13-17)16-28)34-20-8-11-33-12-9-20/h3-5,7,10,13-15,20,22,25,27,30H,6,8-9,11-12H2,1-2H3. The van der Waals surface area contributed by atoms with Crippen molar-refractivity contribution in [2.24, 2.45) is 10.9 Å². The van der Waals surface area contributed by atoms with Gasteiger partial charge in [-0.3, -0.25) is 4.99 Å². The van der Waals surface area contributed by atoms with E-state index >= 15 is 0 Å². The van der Waals surface area contributed by atoms with Crippen LogP contribution in [0.3, 0.4) is 0 Å². The van der Waals surface area contributed by atoms with E-state index in [2.05, 4.69) is 28.5 Å². The zero-order valence-corrected chi connectivity index (χ0v) is 19.5. The van der Waals surface area contributed by atoms with E-state index in [0.717, 1.165) is 47.4 Å². The number of hydrogen-bond acceptors (Lipinski definition) is 7. The van der Waals surface area contributed by atoms with E-state index in [1.54, 1.807) is 14.2 Å². The average Bonchev–Trinajstić information content (AvgIpc) is 3.34. The quantitative estimate of drug-likeness (QED) is 0.695. The van der Waals surface area contributed by atoms with Gasteiger partial charge in [-0.1, -0.05) is 12.1 Å². The summed E-state index contributed by atoms with van der Waals surface area (Å²) < 4.78 is 22.6. The highest BCUT2D eigenvalue weighted by molar-refractivity contribution is 5.89. The largest absolute Gasteiger partial charge is 0.498 e. The van der Waals surface area contributed by atoms with Crippen LogP contribution in [0.25, 0.3) is 5.57 Å². The Morgan fingerprint density at radius 2 is 2.06 bits per heavy atom. The molecular weight excluding hydrogens is 430 g/mol. The maximum Gasteiger partial charge on any atom is 0.137 e. The maximum atomic E-state index is 9.80. The lowest BCUT2D eigenvalue weighted by atomic mass is 9.88. The molecule has 5 rings (SSSR count). The Bertz CT molecular complexity index is 1140. The Morgan fingerprint density at radius 1 is 1.21 bits per heavy atom. The minimum Gasteiger partial charge on any atom is -0.498 e. The van der Waals surface area contributed by atoms with Gasteiger partial charge in [0.1, 0.15) is 36.0 Å². The van der Waals surface area contributed by atoms with E-state index < -0.39 is 0 Å². The van der Waals surface area contributed by atoms with E-state index in [0.29, 0.717) is 24.5 Å². The number of ether oxygens (including phenoxy) is 4. The van der Waals surface area contributed by atoms with Gasteiger partial charge in [0.2, 0.25) is 0 Å². The lowest BCUT2D eigenvalue weighted by Gasteiger charge is -2.25. The van der Waals surface area contributed by atoms with Crippen LogP contribution in [0.5, 0.6) is 5.75 Å². The maximum absolute atomic E-state index is 9.80. The van der Waals surface area contributed by atoms with Crippen LogP contribution < -0.4 is 10.1 Å². The molecule has 3 heterocycles. The first-order valence-corrected chi connectivity index (χ1v) is 11.7. The molecule has 0 bridgehead atoms. The van der Waals surface area contributed by atoms with Crippen LogP contribution in [0.1, 0.15) is 30.4 Å². The topological polar surface area (TPSA) is 85.1 Å². The van der Waals surface area contributed by atoms with Crippen molar-refractivity contribution in [2.45, 2.75) is 37.6 Å². The zero-order valence-electron chi connectivity index (χ0n) is 19.5. The Balaban J connectivity index is 1.38. The van der Waals surface area contributed by atoms with Crippen molar-refractivity contribution in [2.75, 3.05) is 27.4 Å². The number of rotatable bonds is 6. The summed E-state index contributed by atoms with van der Waals surface area (Å²) in [6, 6.07) is 8.19. The first kappa shape index (κ1) is 22.5. The number of dihydropyridines is 1. The summed E-state index contributed by atoms with van der Waals surface area (Å²) in [5.74, 6) is 1.52. The van der Waals surface area contributed by atoms with Gasteiger partial charge in [0.05, 0.1) is 25.9 Å².